The van der Waals surface area contributed by atoms with Crippen LogP contribution in [-0.4, -0.2) is 24.1 Å². The zero-order valence-electron chi connectivity index (χ0n) is 10.6. The summed E-state index contributed by atoms with van der Waals surface area (Å²) in [5.41, 5.74) is 6.30. The van der Waals surface area contributed by atoms with Crippen LogP contribution in [0.5, 0.6) is 0 Å². The van der Waals surface area contributed by atoms with Crippen molar-refractivity contribution in [3.05, 3.63) is 30.2 Å². The van der Waals surface area contributed by atoms with Gasteiger partial charge in [0.05, 0.1) is 0 Å². The van der Waals surface area contributed by atoms with Gasteiger partial charge in [0, 0.05) is 28.7 Å². The highest BCUT2D eigenvalue weighted by Crippen LogP contribution is 2.28. The summed E-state index contributed by atoms with van der Waals surface area (Å²) >= 11 is 0. The predicted octanol–water partition coefficient (Wildman–Crippen LogP) is 2.12. The zero-order valence-corrected chi connectivity index (χ0v) is 10.6. The van der Waals surface area contributed by atoms with E-state index in [-0.39, 0.29) is 5.82 Å². The van der Waals surface area contributed by atoms with Crippen molar-refractivity contribution in [1.82, 2.24) is 10.3 Å². The topological polar surface area (TPSA) is 63.0 Å². The minimum Gasteiger partial charge on any atom is -0.398 e. The molecule has 1 saturated heterocycles. The lowest BCUT2D eigenvalue weighted by atomic mass is 10.1. The summed E-state index contributed by atoms with van der Waals surface area (Å²) in [7, 11) is 0. The molecular weight excluding hydrogens is 243 g/mol. The van der Waals surface area contributed by atoms with E-state index in [9.17, 15) is 4.39 Å². The molecule has 1 fully saturated rings. The van der Waals surface area contributed by atoms with Crippen LogP contribution in [0.2, 0.25) is 0 Å². The second-order valence-electron chi connectivity index (χ2n) is 4.92. The maximum Gasteiger partial charge on any atom is 0.134 e. The third kappa shape index (κ3) is 2.46. The number of pyridine rings is 1. The number of nitrogens with one attached hydrogen (secondary N) is 2. The van der Waals surface area contributed by atoms with Gasteiger partial charge in [-0.05, 0) is 44.1 Å². The van der Waals surface area contributed by atoms with Gasteiger partial charge in [0.1, 0.15) is 11.6 Å². The Hall–Kier alpha value is -1.88. The molecule has 2 aromatic rings. The van der Waals surface area contributed by atoms with E-state index in [1.54, 1.807) is 6.20 Å². The normalized spacial score (nSPS) is 16.7. The van der Waals surface area contributed by atoms with Crippen molar-refractivity contribution in [3.8, 4) is 0 Å². The molecule has 1 aromatic carbocycles. The molecule has 1 aliphatic rings. The number of fused-ring (bicyclic) bond motifs is 1. The number of rotatable bonds is 2. The van der Waals surface area contributed by atoms with Crippen molar-refractivity contribution in [2.24, 2.45) is 0 Å². The van der Waals surface area contributed by atoms with Gasteiger partial charge in [-0.3, -0.25) is 0 Å². The number of benzene rings is 1. The van der Waals surface area contributed by atoms with Crippen molar-refractivity contribution in [3.63, 3.8) is 0 Å². The van der Waals surface area contributed by atoms with Crippen LogP contribution in [0.15, 0.2) is 24.4 Å². The standard InChI is InChI=1S/C14H17FN4/c15-9-7-12-11(13(16)8-9)3-6-18-14(12)19-10-1-4-17-5-2-10/h3,6-8,10,17H,1-2,4-5,16H2,(H,18,19). The number of hydrogen-bond donors (Lipinski definition) is 3. The first-order chi connectivity index (χ1) is 9.24. The molecule has 5 heteroatoms. The Balaban J connectivity index is 1.98. The Labute approximate surface area is 111 Å². The van der Waals surface area contributed by atoms with E-state index in [0.717, 1.165) is 42.5 Å². The molecule has 1 aliphatic heterocycles. The maximum atomic E-state index is 13.5. The highest BCUT2D eigenvalue weighted by atomic mass is 19.1. The van der Waals surface area contributed by atoms with Gasteiger partial charge >= 0.3 is 0 Å². The molecule has 0 amide bonds. The average molecular weight is 260 g/mol. The van der Waals surface area contributed by atoms with Crippen molar-refractivity contribution >= 4 is 22.3 Å². The van der Waals surface area contributed by atoms with Gasteiger partial charge < -0.3 is 16.4 Å². The van der Waals surface area contributed by atoms with Gasteiger partial charge in [0.25, 0.3) is 0 Å². The first kappa shape index (κ1) is 12.2. The lowest BCUT2D eigenvalue weighted by Crippen LogP contribution is -2.35. The van der Waals surface area contributed by atoms with Gasteiger partial charge in [-0.25, -0.2) is 9.37 Å². The number of anilines is 2. The molecule has 19 heavy (non-hydrogen) atoms. The maximum absolute atomic E-state index is 13.5. The number of nitrogens with two attached hydrogens (primary N) is 1. The van der Waals surface area contributed by atoms with Gasteiger partial charge in [-0.2, -0.15) is 0 Å². The van der Waals surface area contributed by atoms with E-state index in [2.05, 4.69) is 15.6 Å². The van der Waals surface area contributed by atoms with Gasteiger partial charge in [0.2, 0.25) is 0 Å². The van der Waals surface area contributed by atoms with Crippen molar-refractivity contribution in [2.45, 2.75) is 18.9 Å². The van der Waals surface area contributed by atoms with E-state index >= 15 is 0 Å². The molecule has 3 rings (SSSR count). The van der Waals surface area contributed by atoms with Crippen LogP contribution in [0.4, 0.5) is 15.9 Å². The van der Waals surface area contributed by atoms with Crippen LogP contribution < -0.4 is 16.4 Å². The first-order valence-electron chi connectivity index (χ1n) is 6.55. The molecule has 1 aromatic heterocycles. The fraction of sp³-hybridized carbons (Fsp3) is 0.357. The molecule has 0 bridgehead atoms. The summed E-state index contributed by atoms with van der Waals surface area (Å²) in [5, 5.41) is 8.31. The largest absolute Gasteiger partial charge is 0.398 e. The molecule has 0 radical (unpaired) electrons. The molecule has 0 aliphatic carbocycles. The number of hydrogen-bond acceptors (Lipinski definition) is 4. The number of piperidine rings is 1. The average Bonchev–Trinajstić information content (AvgIpc) is 2.41. The first-order valence-corrected chi connectivity index (χ1v) is 6.55. The number of nitrogens with zero attached hydrogens (tertiary/aromatic N) is 1. The molecule has 0 unspecified atom stereocenters. The Morgan fingerprint density at radius 2 is 2.05 bits per heavy atom. The lowest BCUT2D eigenvalue weighted by Gasteiger charge is -2.24. The monoisotopic (exact) mass is 260 g/mol. The van der Waals surface area contributed by atoms with Crippen LogP contribution in [0.3, 0.4) is 0 Å². The summed E-state index contributed by atoms with van der Waals surface area (Å²) in [6, 6.07) is 5.03. The van der Waals surface area contributed by atoms with E-state index in [1.807, 2.05) is 6.07 Å². The van der Waals surface area contributed by atoms with Crippen LogP contribution in [-0.2, 0) is 0 Å². The number of nitrogen functional groups attached to an aromatic ring is 1. The van der Waals surface area contributed by atoms with E-state index < -0.39 is 0 Å². The Bertz CT molecular complexity index is 593. The van der Waals surface area contributed by atoms with E-state index in [1.165, 1.54) is 12.1 Å². The SMILES string of the molecule is Nc1cc(F)cc2c(NC3CCNCC3)nccc12. The Morgan fingerprint density at radius 3 is 2.84 bits per heavy atom. The summed E-state index contributed by atoms with van der Waals surface area (Å²) in [4.78, 5) is 4.33. The van der Waals surface area contributed by atoms with Crippen molar-refractivity contribution in [1.29, 1.82) is 0 Å². The lowest BCUT2D eigenvalue weighted by molar-refractivity contribution is 0.478. The fourth-order valence-electron chi connectivity index (χ4n) is 2.55. The Morgan fingerprint density at radius 1 is 1.26 bits per heavy atom. The fourth-order valence-corrected chi connectivity index (χ4v) is 2.55. The molecule has 0 spiro atoms. The van der Waals surface area contributed by atoms with E-state index in [4.69, 9.17) is 5.73 Å². The number of halogens is 1. The quantitative estimate of drug-likeness (QED) is 0.724. The molecule has 4 nitrogen and oxygen atoms in total. The molecule has 4 N–H and O–H groups in total. The highest BCUT2D eigenvalue weighted by molar-refractivity contribution is 5.99. The minimum absolute atomic E-state index is 0.327. The van der Waals surface area contributed by atoms with E-state index in [0.29, 0.717) is 11.7 Å². The van der Waals surface area contributed by atoms with Gasteiger partial charge in [-0.1, -0.05) is 0 Å². The van der Waals surface area contributed by atoms with Crippen LogP contribution in [0, 0.1) is 5.82 Å². The molecule has 0 atom stereocenters. The van der Waals surface area contributed by atoms with Crippen LogP contribution >= 0.6 is 0 Å². The summed E-state index contributed by atoms with van der Waals surface area (Å²) in [6.07, 6.45) is 3.80. The third-order valence-corrected chi connectivity index (χ3v) is 3.56. The molecular formula is C14H17FN4. The summed E-state index contributed by atoms with van der Waals surface area (Å²) in [6.45, 7) is 2.00. The summed E-state index contributed by atoms with van der Waals surface area (Å²) < 4.78 is 13.5. The number of aromatic nitrogens is 1. The highest BCUT2D eigenvalue weighted by Gasteiger charge is 2.15. The second kappa shape index (κ2) is 5.01. The van der Waals surface area contributed by atoms with Crippen LogP contribution in [0.25, 0.3) is 10.8 Å². The minimum atomic E-state index is -0.327. The van der Waals surface area contributed by atoms with Crippen molar-refractivity contribution in [2.75, 3.05) is 24.1 Å². The van der Waals surface area contributed by atoms with Gasteiger partial charge in [-0.15, -0.1) is 0 Å². The van der Waals surface area contributed by atoms with Crippen LogP contribution in [0.1, 0.15) is 12.8 Å². The molecule has 0 saturated carbocycles. The summed E-state index contributed by atoms with van der Waals surface area (Å²) in [5.74, 6) is 0.391. The molecule has 100 valence electrons. The zero-order chi connectivity index (χ0) is 13.2. The Kier molecular flexibility index (Phi) is 3.21. The molecule has 2 heterocycles. The smallest absolute Gasteiger partial charge is 0.134 e. The predicted molar refractivity (Wildman–Crippen MR) is 75.6 cm³/mol. The van der Waals surface area contributed by atoms with Crippen molar-refractivity contribution < 1.29 is 4.39 Å². The second-order valence-corrected chi connectivity index (χ2v) is 4.92. The third-order valence-electron chi connectivity index (χ3n) is 3.56. The van der Waals surface area contributed by atoms with Gasteiger partial charge in [0.15, 0.2) is 0 Å².